The molecule has 1 aliphatic rings. The second-order valence-electron chi connectivity index (χ2n) is 5.30. The van der Waals surface area contributed by atoms with E-state index >= 15 is 0 Å². The van der Waals surface area contributed by atoms with E-state index in [9.17, 15) is 19.8 Å². The van der Waals surface area contributed by atoms with Gasteiger partial charge in [-0.2, -0.15) is 0 Å². The molecule has 7 nitrogen and oxygen atoms in total. The van der Waals surface area contributed by atoms with Gasteiger partial charge in [-0.1, -0.05) is 0 Å². The van der Waals surface area contributed by atoms with E-state index in [2.05, 4.69) is 0 Å². The molecule has 3 atom stereocenters. The lowest BCUT2D eigenvalue weighted by molar-refractivity contribution is -0.155. The number of aliphatic hydroxyl groups excluding tert-OH is 1. The summed E-state index contributed by atoms with van der Waals surface area (Å²) >= 11 is 0. The van der Waals surface area contributed by atoms with Gasteiger partial charge < -0.3 is 24.1 Å². The predicted octanol–water partition coefficient (Wildman–Crippen LogP) is 0.511. The minimum Gasteiger partial charge on any atom is -0.496 e. The lowest BCUT2D eigenvalue weighted by Gasteiger charge is -2.20. The van der Waals surface area contributed by atoms with Crippen molar-refractivity contribution in [3.05, 3.63) is 40.2 Å². The third-order valence-corrected chi connectivity index (χ3v) is 3.79. The van der Waals surface area contributed by atoms with E-state index in [0.29, 0.717) is 16.5 Å². The molecule has 1 aliphatic heterocycles. The molecule has 0 saturated carbocycles. The summed E-state index contributed by atoms with van der Waals surface area (Å²) in [6, 6.07) is 5.86. The van der Waals surface area contributed by atoms with E-state index in [-0.39, 0.29) is 5.75 Å². The lowest BCUT2D eigenvalue weighted by Crippen LogP contribution is -2.41. The number of hydrogen-bond donors (Lipinski definition) is 2. The molecule has 7 heteroatoms. The Hall–Kier alpha value is -2.38. The fourth-order valence-corrected chi connectivity index (χ4v) is 2.46. The molecular formula is C15H14O7. The second-order valence-corrected chi connectivity index (χ2v) is 5.30. The highest BCUT2D eigenvalue weighted by atomic mass is 16.6. The topological polar surface area (TPSA) is 106 Å². The van der Waals surface area contributed by atoms with Gasteiger partial charge >= 0.3 is 11.6 Å². The zero-order chi connectivity index (χ0) is 16.1. The van der Waals surface area contributed by atoms with Crippen molar-refractivity contribution in [2.24, 2.45) is 0 Å². The summed E-state index contributed by atoms with van der Waals surface area (Å²) in [5.74, 6) is -0.636. The Morgan fingerprint density at radius 2 is 2.00 bits per heavy atom. The number of cyclic esters (lactones) is 1. The number of methoxy groups -OCH3 is 1. The Bertz CT molecular complexity index is 805. The average Bonchev–Trinajstić information content (AvgIpc) is 2.69. The summed E-state index contributed by atoms with van der Waals surface area (Å²) in [7, 11) is 1.40. The van der Waals surface area contributed by atoms with Crippen LogP contribution >= 0.6 is 0 Å². The SMILES string of the molecule is COc1cc2oc(=O)ccc2cc1[C@@H]1OC(=O)[C@](C)(O)[C@H]1O. The Morgan fingerprint density at radius 1 is 1.27 bits per heavy atom. The van der Waals surface area contributed by atoms with Crippen LogP contribution in [0.1, 0.15) is 18.6 Å². The van der Waals surface area contributed by atoms with Gasteiger partial charge in [0.1, 0.15) is 17.4 Å². The molecule has 3 rings (SSSR count). The van der Waals surface area contributed by atoms with Crippen molar-refractivity contribution in [2.75, 3.05) is 7.11 Å². The van der Waals surface area contributed by atoms with Gasteiger partial charge in [0.2, 0.25) is 0 Å². The molecule has 0 unspecified atom stereocenters. The zero-order valence-corrected chi connectivity index (χ0v) is 11.9. The maximum atomic E-state index is 11.7. The Balaban J connectivity index is 2.16. The molecule has 0 bridgehead atoms. The molecule has 2 heterocycles. The van der Waals surface area contributed by atoms with Gasteiger partial charge in [-0.3, -0.25) is 0 Å². The average molecular weight is 306 g/mol. The largest absolute Gasteiger partial charge is 0.496 e. The van der Waals surface area contributed by atoms with Crippen LogP contribution < -0.4 is 10.4 Å². The zero-order valence-electron chi connectivity index (χ0n) is 11.9. The molecule has 1 saturated heterocycles. The Labute approximate surface area is 124 Å². The van der Waals surface area contributed by atoms with Crippen molar-refractivity contribution in [3.63, 3.8) is 0 Å². The first-order chi connectivity index (χ1) is 10.3. The molecule has 0 spiro atoms. The summed E-state index contributed by atoms with van der Waals surface area (Å²) in [6.45, 7) is 1.19. The number of aliphatic hydroxyl groups is 2. The molecule has 116 valence electrons. The highest BCUT2D eigenvalue weighted by molar-refractivity contribution is 5.84. The van der Waals surface area contributed by atoms with Crippen LogP contribution in [-0.2, 0) is 9.53 Å². The molecule has 0 radical (unpaired) electrons. The van der Waals surface area contributed by atoms with Crippen molar-refractivity contribution in [2.45, 2.75) is 24.7 Å². The van der Waals surface area contributed by atoms with Gasteiger partial charge in [-0.25, -0.2) is 9.59 Å². The van der Waals surface area contributed by atoms with Crippen LogP contribution in [0.2, 0.25) is 0 Å². The van der Waals surface area contributed by atoms with Gasteiger partial charge in [-0.05, 0) is 19.1 Å². The molecule has 2 aromatic rings. The molecule has 1 fully saturated rings. The summed E-state index contributed by atoms with van der Waals surface area (Å²) in [4.78, 5) is 22.9. The van der Waals surface area contributed by atoms with Crippen molar-refractivity contribution in [3.8, 4) is 5.75 Å². The van der Waals surface area contributed by atoms with Crippen LogP contribution in [0, 0.1) is 0 Å². The quantitative estimate of drug-likeness (QED) is 0.615. The van der Waals surface area contributed by atoms with Crippen molar-refractivity contribution < 1.29 is 28.9 Å². The van der Waals surface area contributed by atoms with E-state index in [4.69, 9.17) is 13.9 Å². The third kappa shape index (κ3) is 2.06. The van der Waals surface area contributed by atoms with Gasteiger partial charge in [-0.15, -0.1) is 0 Å². The van der Waals surface area contributed by atoms with Crippen LogP contribution in [0.4, 0.5) is 0 Å². The molecular weight excluding hydrogens is 292 g/mol. The van der Waals surface area contributed by atoms with Crippen molar-refractivity contribution >= 4 is 16.9 Å². The second kappa shape index (κ2) is 4.82. The van der Waals surface area contributed by atoms with Crippen LogP contribution in [0.3, 0.4) is 0 Å². The number of benzene rings is 1. The highest BCUT2D eigenvalue weighted by Crippen LogP contribution is 2.41. The monoisotopic (exact) mass is 306 g/mol. The van der Waals surface area contributed by atoms with Crippen LogP contribution in [0.15, 0.2) is 33.5 Å². The number of carbonyl (C=O) groups is 1. The van der Waals surface area contributed by atoms with Crippen LogP contribution in [0.5, 0.6) is 5.75 Å². The van der Waals surface area contributed by atoms with Crippen molar-refractivity contribution in [1.82, 2.24) is 0 Å². The van der Waals surface area contributed by atoms with E-state index in [1.54, 1.807) is 12.1 Å². The smallest absolute Gasteiger partial charge is 0.341 e. The van der Waals surface area contributed by atoms with Gasteiger partial charge in [0.25, 0.3) is 0 Å². The fraction of sp³-hybridized carbons (Fsp3) is 0.333. The van der Waals surface area contributed by atoms with Gasteiger partial charge in [0, 0.05) is 23.1 Å². The maximum absolute atomic E-state index is 11.7. The first-order valence-electron chi connectivity index (χ1n) is 6.58. The number of esters is 1. The summed E-state index contributed by atoms with van der Waals surface area (Å²) in [6.07, 6.45) is -2.52. The highest BCUT2D eigenvalue weighted by Gasteiger charge is 2.54. The normalized spacial score (nSPS) is 27.9. The van der Waals surface area contributed by atoms with Crippen LogP contribution in [-0.4, -0.2) is 35.0 Å². The van der Waals surface area contributed by atoms with E-state index in [1.807, 2.05) is 0 Å². The summed E-state index contributed by atoms with van der Waals surface area (Å²) < 4.78 is 15.3. The van der Waals surface area contributed by atoms with E-state index < -0.39 is 29.4 Å². The standard InChI is InChI=1S/C15H14O7/c1-15(19)13(17)12(22-14(15)18)8-5-7-3-4-11(16)21-9(7)6-10(8)20-2/h3-6,12-13,17,19H,1-2H3/t12-,13-,15+/m0/s1. The molecule has 0 amide bonds. The predicted molar refractivity (Wildman–Crippen MR) is 74.5 cm³/mol. The molecule has 2 N–H and O–H groups in total. The van der Waals surface area contributed by atoms with Gasteiger partial charge in [0.15, 0.2) is 11.7 Å². The number of hydrogen-bond acceptors (Lipinski definition) is 7. The van der Waals surface area contributed by atoms with Crippen molar-refractivity contribution in [1.29, 1.82) is 0 Å². The molecule has 22 heavy (non-hydrogen) atoms. The third-order valence-electron chi connectivity index (χ3n) is 3.79. The van der Waals surface area contributed by atoms with Crippen LogP contribution in [0.25, 0.3) is 11.0 Å². The first kappa shape index (κ1) is 14.6. The number of fused-ring (bicyclic) bond motifs is 1. The molecule has 1 aromatic heterocycles. The maximum Gasteiger partial charge on any atom is 0.341 e. The first-order valence-corrected chi connectivity index (χ1v) is 6.58. The number of carbonyl (C=O) groups excluding carboxylic acids is 1. The minimum absolute atomic E-state index is 0.274. The molecule has 1 aromatic carbocycles. The van der Waals surface area contributed by atoms with E-state index in [0.717, 1.165) is 0 Å². The molecule has 0 aliphatic carbocycles. The Morgan fingerprint density at radius 3 is 2.59 bits per heavy atom. The summed E-state index contributed by atoms with van der Waals surface area (Å²) in [5, 5.41) is 20.7. The number of ether oxygens (including phenoxy) is 2. The van der Waals surface area contributed by atoms with E-state index in [1.165, 1.54) is 26.2 Å². The minimum atomic E-state index is -1.99. The van der Waals surface area contributed by atoms with Gasteiger partial charge in [0.05, 0.1) is 7.11 Å². The lowest BCUT2D eigenvalue weighted by atomic mass is 9.93. The summed E-state index contributed by atoms with van der Waals surface area (Å²) in [5.41, 5.74) is -1.81. The fourth-order valence-electron chi connectivity index (χ4n) is 2.46. The number of rotatable bonds is 2. The Kier molecular flexibility index (Phi) is 3.19.